The first-order valence-electron chi connectivity index (χ1n) is 5.53. The fourth-order valence-corrected chi connectivity index (χ4v) is 2.82. The van der Waals surface area contributed by atoms with E-state index in [-0.39, 0.29) is 6.61 Å². The first-order valence-corrected chi connectivity index (χ1v) is 8.09. The fourth-order valence-electron chi connectivity index (χ4n) is 1.12. The minimum absolute atomic E-state index is 0.273. The van der Waals surface area contributed by atoms with Gasteiger partial charge in [0.2, 0.25) is 0 Å². The molecule has 5 nitrogen and oxygen atoms in total. The number of carbonyl (C=O) groups is 1. The maximum Gasteiger partial charge on any atom is 0.419 e. The third-order valence-electron chi connectivity index (χ3n) is 1.97. The average molecular weight is 302 g/mol. The topological polar surface area (TPSA) is 54.0 Å². The van der Waals surface area contributed by atoms with Gasteiger partial charge in [-0.2, -0.15) is 0 Å². The van der Waals surface area contributed by atoms with Crippen LogP contribution in [0.25, 0.3) is 0 Å². The Kier molecular flexibility index (Phi) is 6.18. The van der Waals surface area contributed by atoms with Gasteiger partial charge in [0.1, 0.15) is 5.75 Å². The molecule has 1 unspecified atom stereocenters. The van der Waals surface area contributed by atoms with Crippen LogP contribution in [0.1, 0.15) is 12.5 Å². The number of hydrogen-bond acceptors (Lipinski definition) is 6. The molecule has 0 fully saturated rings. The number of benzene rings is 1. The Morgan fingerprint density at radius 3 is 2.74 bits per heavy atom. The second-order valence-corrected chi connectivity index (χ2v) is 6.23. The van der Waals surface area contributed by atoms with Crippen molar-refractivity contribution in [2.24, 2.45) is 0 Å². The molecule has 0 aliphatic heterocycles. The van der Waals surface area contributed by atoms with Gasteiger partial charge in [0.25, 0.3) is 0 Å². The van der Waals surface area contributed by atoms with Crippen LogP contribution < -0.4 is 4.52 Å². The Balaban J connectivity index is 2.81. The molecule has 0 radical (unpaired) electrons. The molecular formula is C12H15O5PS. The molecule has 1 atom stereocenters. The van der Waals surface area contributed by atoms with Crippen molar-refractivity contribution < 1.29 is 23.4 Å². The molecule has 0 heterocycles. The zero-order valence-electron chi connectivity index (χ0n) is 10.7. The first kappa shape index (κ1) is 15.9. The van der Waals surface area contributed by atoms with Crippen LogP contribution in [0.2, 0.25) is 0 Å². The summed E-state index contributed by atoms with van der Waals surface area (Å²) in [5.41, 5.74) is 0.870. The van der Waals surface area contributed by atoms with Crippen LogP contribution in [0.5, 0.6) is 5.75 Å². The lowest BCUT2D eigenvalue weighted by Gasteiger charge is -2.20. The minimum atomic E-state index is -3.19. The maximum atomic E-state index is 11.0. The lowest BCUT2D eigenvalue weighted by Crippen LogP contribution is -2.07. The molecule has 0 bridgehead atoms. The molecule has 1 aromatic carbocycles. The molecular weight excluding hydrogens is 287 g/mol. The van der Waals surface area contributed by atoms with Crippen LogP contribution in [0.3, 0.4) is 0 Å². The quantitative estimate of drug-likeness (QED) is 0.333. The first-order chi connectivity index (χ1) is 9.00. The molecule has 1 aromatic rings. The van der Waals surface area contributed by atoms with E-state index >= 15 is 0 Å². The van der Waals surface area contributed by atoms with Crippen LogP contribution >= 0.6 is 6.72 Å². The highest BCUT2D eigenvalue weighted by Gasteiger charge is 2.26. The van der Waals surface area contributed by atoms with Crippen molar-refractivity contribution in [1.82, 2.24) is 0 Å². The monoisotopic (exact) mass is 302 g/mol. The second-order valence-electron chi connectivity index (χ2n) is 3.40. The molecule has 0 saturated carbocycles. The molecule has 0 spiro atoms. The normalized spacial score (nSPS) is 13.4. The Labute approximate surface area is 117 Å². The number of aryl methyl sites for hydroxylation is 1. The largest absolute Gasteiger partial charge is 0.422 e. The number of hydrogen-bond donors (Lipinski definition) is 0. The summed E-state index contributed by atoms with van der Waals surface area (Å²) in [6.45, 7) is 3.92. The SMILES string of the molecule is C=CC(=O)OOP(=S)(OCC)Oc1ccccc1C. The predicted molar refractivity (Wildman–Crippen MR) is 75.1 cm³/mol. The van der Waals surface area contributed by atoms with E-state index in [0.717, 1.165) is 11.6 Å². The lowest BCUT2D eigenvalue weighted by molar-refractivity contribution is -0.211. The molecule has 0 saturated heterocycles. The number of carbonyl (C=O) groups excluding carboxylic acids is 1. The van der Waals surface area contributed by atoms with Crippen LogP contribution in [0.15, 0.2) is 36.9 Å². The van der Waals surface area contributed by atoms with Gasteiger partial charge in [-0.25, -0.2) is 4.79 Å². The van der Waals surface area contributed by atoms with Crippen molar-refractivity contribution in [2.45, 2.75) is 13.8 Å². The highest BCUT2D eigenvalue weighted by Crippen LogP contribution is 2.50. The van der Waals surface area contributed by atoms with Gasteiger partial charge in [-0.3, -0.25) is 9.41 Å². The summed E-state index contributed by atoms with van der Waals surface area (Å²) < 4.78 is 15.6. The van der Waals surface area contributed by atoms with Gasteiger partial charge in [-0.1, -0.05) is 29.5 Å². The van der Waals surface area contributed by atoms with E-state index in [2.05, 4.69) is 11.5 Å². The van der Waals surface area contributed by atoms with Gasteiger partial charge >= 0.3 is 12.7 Å². The summed E-state index contributed by atoms with van der Waals surface area (Å²) in [6.07, 6.45) is 0.958. The Hall–Kier alpha value is -1.20. The van der Waals surface area contributed by atoms with E-state index < -0.39 is 12.7 Å². The predicted octanol–water partition coefficient (Wildman–Crippen LogP) is 3.30. The van der Waals surface area contributed by atoms with E-state index in [9.17, 15) is 4.79 Å². The highest BCUT2D eigenvalue weighted by molar-refractivity contribution is 8.07. The summed E-state index contributed by atoms with van der Waals surface area (Å²) in [4.78, 5) is 15.4. The molecule has 0 amide bonds. The molecule has 0 aliphatic carbocycles. The zero-order valence-corrected chi connectivity index (χ0v) is 12.4. The number of rotatable bonds is 7. The summed E-state index contributed by atoms with van der Waals surface area (Å²) in [7, 11) is 0. The smallest absolute Gasteiger partial charge is 0.419 e. The van der Waals surface area contributed by atoms with Gasteiger partial charge < -0.3 is 4.52 Å². The van der Waals surface area contributed by atoms with Gasteiger partial charge in [-0.15, -0.1) is 0 Å². The summed E-state index contributed by atoms with van der Waals surface area (Å²) in [5, 5.41) is 0. The minimum Gasteiger partial charge on any atom is -0.422 e. The van der Waals surface area contributed by atoms with Crippen molar-refractivity contribution in [3.63, 3.8) is 0 Å². The Morgan fingerprint density at radius 1 is 1.47 bits per heavy atom. The molecule has 19 heavy (non-hydrogen) atoms. The third kappa shape index (κ3) is 5.12. The van der Waals surface area contributed by atoms with Crippen molar-refractivity contribution in [2.75, 3.05) is 6.61 Å². The maximum absolute atomic E-state index is 11.0. The molecule has 104 valence electrons. The molecule has 1 rings (SSSR count). The van der Waals surface area contributed by atoms with Crippen molar-refractivity contribution in [1.29, 1.82) is 0 Å². The zero-order chi connectivity index (χ0) is 14.3. The van der Waals surface area contributed by atoms with Crippen LogP contribution in [0.4, 0.5) is 0 Å². The standard InChI is InChI=1S/C12H15O5PS/c1-4-12(13)15-17-18(19,14-5-2)16-11-9-7-6-8-10(11)3/h4,6-9H,1,5H2,2-3H3. The van der Waals surface area contributed by atoms with Crippen molar-refractivity contribution >= 4 is 24.5 Å². The number of para-hydroxylation sites is 1. The molecule has 0 N–H and O–H groups in total. The van der Waals surface area contributed by atoms with Crippen molar-refractivity contribution in [3.8, 4) is 5.75 Å². The highest BCUT2D eigenvalue weighted by atomic mass is 32.5. The third-order valence-corrected chi connectivity index (χ3v) is 3.94. The fraction of sp³-hybridized carbons (Fsp3) is 0.250. The molecule has 0 aliphatic rings. The van der Waals surface area contributed by atoms with E-state index in [4.69, 9.17) is 25.5 Å². The molecule has 0 aromatic heterocycles. The van der Waals surface area contributed by atoms with Gasteiger partial charge in [0.05, 0.1) is 6.61 Å². The lowest BCUT2D eigenvalue weighted by atomic mass is 10.2. The summed E-state index contributed by atoms with van der Waals surface area (Å²) in [5.74, 6) is -0.240. The van der Waals surface area contributed by atoms with Crippen LogP contribution in [0, 0.1) is 6.92 Å². The van der Waals surface area contributed by atoms with Gasteiger partial charge in [0, 0.05) is 17.9 Å². The summed E-state index contributed by atoms with van der Waals surface area (Å²) in [6, 6.07) is 7.25. The van der Waals surface area contributed by atoms with Crippen molar-refractivity contribution in [3.05, 3.63) is 42.5 Å². The Bertz CT molecular complexity index is 503. The van der Waals surface area contributed by atoms with Gasteiger partial charge in [0.15, 0.2) is 0 Å². The van der Waals surface area contributed by atoms with E-state index in [0.29, 0.717) is 5.75 Å². The van der Waals surface area contributed by atoms with Gasteiger partial charge in [-0.05, 0) is 25.5 Å². The second kappa shape index (κ2) is 7.40. The molecule has 7 heteroatoms. The van der Waals surface area contributed by atoms with Crippen LogP contribution in [-0.4, -0.2) is 12.6 Å². The van der Waals surface area contributed by atoms with E-state index in [1.807, 2.05) is 19.1 Å². The summed E-state index contributed by atoms with van der Waals surface area (Å²) >= 11 is 5.14. The van der Waals surface area contributed by atoms with E-state index in [1.54, 1.807) is 19.1 Å². The van der Waals surface area contributed by atoms with Crippen LogP contribution in [-0.2, 0) is 30.7 Å². The average Bonchev–Trinajstić information content (AvgIpc) is 2.39. The van der Waals surface area contributed by atoms with E-state index in [1.165, 1.54) is 0 Å². The Morgan fingerprint density at radius 2 is 2.16 bits per heavy atom.